The first-order valence-electron chi connectivity index (χ1n) is 5.34. The number of aromatic nitrogens is 2. The van der Waals surface area contributed by atoms with E-state index < -0.39 is 0 Å². The van der Waals surface area contributed by atoms with Crippen LogP contribution in [0.25, 0.3) is 0 Å². The summed E-state index contributed by atoms with van der Waals surface area (Å²) < 4.78 is 2.05. The molecule has 0 aliphatic heterocycles. The molecular weight excluding hydrogens is 176 g/mol. The first-order valence-corrected chi connectivity index (χ1v) is 5.34. The summed E-state index contributed by atoms with van der Waals surface area (Å²) in [6.07, 6.45) is 5.72. The minimum Gasteiger partial charge on any atom is -0.384 e. The lowest BCUT2D eigenvalue weighted by molar-refractivity contribution is 0.333. The highest BCUT2D eigenvalue weighted by atomic mass is 15.1. The molecule has 0 aromatic carbocycles. The molecular formula is C10H18N4. The maximum absolute atomic E-state index is 5.78. The first-order chi connectivity index (χ1) is 6.81. The summed E-state index contributed by atoms with van der Waals surface area (Å²) >= 11 is 0. The highest BCUT2D eigenvalue weighted by molar-refractivity contribution is 5.27. The van der Waals surface area contributed by atoms with Crippen LogP contribution in [0.4, 0.5) is 5.82 Å². The van der Waals surface area contributed by atoms with E-state index >= 15 is 0 Å². The zero-order chi connectivity index (χ0) is 9.97. The molecule has 4 nitrogen and oxygen atoms in total. The molecule has 0 amide bonds. The second kappa shape index (κ2) is 4.00. The van der Waals surface area contributed by atoms with Crippen LogP contribution >= 0.6 is 0 Å². The van der Waals surface area contributed by atoms with Gasteiger partial charge in [0.2, 0.25) is 0 Å². The van der Waals surface area contributed by atoms with Crippen LogP contribution in [-0.2, 0) is 13.1 Å². The molecule has 0 bridgehead atoms. The van der Waals surface area contributed by atoms with Crippen LogP contribution in [0.5, 0.6) is 0 Å². The van der Waals surface area contributed by atoms with E-state index in [2.05, 4.69) is 17.2 Å². The van der Waals surface area contributed by atoms with Crippen LogP contribution in [0, 0.1) is 0 Å². The number of nitrogens with one attached hydrogen (secondary N) is 1. The van der Waals surface area contributed by atoms with Crippen molar-refractivity contribution in [2.75, 3.05) is 5.73 Å². The van der Waals surface area contributed by atoms with Gasteiger partial charge in [-0.15, -0.1) is 0 Å². The van der Waals surface area contributed by atoms with Gasteiger partial charge in [-0.3, -0.25) is 0 Å². The third kappa shape index (κ3) is 1.75. The minimum atomic E-state index is 0.707. The molecule has 1 saturated carbocycles. The molecule has 2 rings (SSSR count). The van der Waals surface area contributed by atoms with Gasteiger partial charge in [-0.05, 0) is 19.8 Å². The third-order valence-corrected chi connectivity index (χ3v) is 2.94. The van der Waals surface area contributed by atoms with Gasteiger partial charge in [0.1, 0.15) is 11.6 Å². The lowest BCUT2D eigenvalue weighted by Gasteiger charge is -2.26. The van der Waals surface area contributed by atoms with E-state index in [-0.39, 0.29) is 0 Å². The Bertz CT molecular complexity index is 301. The molecule has 0 unspecified atom stereocenters. The zero-order valence-electron chi connectivity index (χ0n) is 8.66. The molecule has 0 spiro atoms. The first kappa shape index (κ1) is 9.52. The lowest BCUT2D eigenvalue weighted by atomic mass is 9.93. The third-order valence-electron chi connectivity index (χ3n) is 2.94. The Labute approximate surface area is 84.5 Å². The number of anilines is 1. The summed E-state index contributed by atoms with van der Waals surface area (Å²) in [6.45, 7) is 3.83. The van der Waals surface area contributed by atoms with Crippen LogP contribution in [0.3, 0.4) is 0 Å². The fourth-order valence-corrected chi connectivity index (χ4v) is 1.78. The molecule has 1 aliphatic carbocycles. The Hall–Kier alpha value is -1.03. The summed E-state index contributed by atoms with van der Waals surface area (Å²) in [4.78, 5) is 4.29. The van der Waals surface area contributed by atoms with Crippen molar-refractivity contribution in [3.05, 3.63) is 12.0 Å². The van der Waals surface area contributed by atoms with E-state index in [9.17, 15) is 0 Å². The van der Waals surface area contributed by atoms with Crippen LogP contribution < -0.4 is 11.1 Å². The van der Waals surface area contributed by atoms with Gasteiger partial charge in [-0.2, -0.15) is 0 Å². The van der Waals surface area contributed by atoms with Crippen LogP contribution in [-0.4, -0.2) is 15.6 Å². The smallest absolute Gasteiger partial charge is 0.124 e. The Morgan fingerprint density at radius 1 is 1.64 bits per heavy atom. The molecule has 0 radical (unpaired) electrons. The molecule has 78 valence electrons. The quantitative estimate of drug-likeness (QED) is 0.755. The summed E-state index contributed by atoms with van der Waals surface area (Å²) in [5, 5.41) is 3.48. The normalized spacial score (nSPS) is 16.9. The van der Waals surface area contributed by atoms with Gasteiger partial charge in [-0.25, -0.2) is 4.98 Å². The zero-order valence-corrected chi connectivity index (χ0v) is 8.66. The molecule has 3 N–H and O–H groups in total. The van der Waals surface area contributed by atoms with Crippen LogP contribution in [0.2, 0.25) is 0 Å². The average Bonchev–Trinajstić information content (AvgIpc) is 2.44. The lowest BCUT2D eigenvalue weighted by Crippen LogP contribution is -2.35. The summed E-state index contributed by atoms with van der Waals surface area (Å²) in [5.74, 6) is 1.81. The molecule has 1 heterocycles. The standard InChI is InChI=1S/C10H18N4/c1-2-14-9(11)6-13-10(14)7-12-8-4-3-5-8/h6,8,12H,2-5,7,11H2,1H3. The predicted molar refractivity (Wildman–Crippen MR) is 56.8 cm³/mol. The van der Waals surface area contributed by atoms with Gasteiger partial charge >= 0.3 is 0 Å². The van der Waals surface area contributed by atoms with E-state index in [1.807, 2.05) is 4.57 Å². The van der Waals surface area contributed by atoms with E-state index in [1.165, 1.54) is 19.3 Å². The monoisotopic (exact) mass is 194 g/mol. The van der Waals surface area contributed by atoms with Crippen molar-refractivity contribution < 1.29 is 0 Å². The van der Waals surface area contributed by atoms with Crippen molar-refractivity contribution in [3.63, 3.8) is 0 Å². The fourth-order valence-electron chi connectivity index (χ4n) is 1.78. The minimum absolute atomic E-state index is 0.707. The molecule has 1 fully saturated rings. The van der Waals surface area contributed by atoms with Gasteiger partial charge in [0, 0.05) is 12.6 Å². The number of hydrogen-bond acceptors (Lipinski definition) is 3. The maximum atomic E-state index is 5.78. The number of imidazole rings is 1. The van der Waals surface area contributed by atoms with Gasteiger partial charge < -0.3 is 15.6 Å². The molecule has 0 atom stereocenters. The fraction of sp³-hybridized carbons (Fsp3) is 0.700. The molecule has 14 heavy (non-hydrogen) atoms. The number of nitrogens with two attached hydrogens (primary N) is 1. The van der Waals surface area contributed by atoms with Crippen molar-refractivity contribution in [3.8, 4) is 0 Å². The molecule has 1 aromatic rings. The molecule has 1 aliphatic rings. The van der Waals surface area contributed by atoms with Crippen molar-refractivity contribution in [2.45, 2.75) is 45.3 Å². The van der Waals surface area contributed by atoms with Crippen molar-refractivity contribution >= 4 is 5.82 Å². The van der Waals surface area contributed by atoms with Crippen molar-refractivity contribution in [2.24, 2.45) is 0 Å². The summed E-state index contributed by atoms with van der Waals surface area (Å²) in [5.41, 5.74) is 5.78. The maximum Gasteiger partial charge on any atom is 0.124 e. The van der Waals surface area contributed by atoms with Crippen LogP contribution in [0.1, 0.15) is 32.0 Å². The summed E-state index contributed by atoms with van der Waals surface area (Å²) in [7, 11) is 0. The van der Waals surface area contributed by atoms with E-state index in [0.29, 0.717) is 6.04 Å². The Morgan fingerprint density at radius 3 is 3.00 bits per heavy atom. The largest absolute Gasteiger partial charge is 0.384 e. The SMILES string of the molecule is CCn1c(N)cnc1CNC1CCC1. The van der Waals surface area contributed by atoms with Crippen molar-refractivity contribution in [1.82, 2.24) is 14.9 Å². The highest BCUT2D eigenvalue weighted by Crippen LogP contribution is 2.18. The molecule has 1 aromatic heterocycles. The molecule has 0 saturated heterocycles. The number of hydrogen-bond donors (Lipinski definition) is 2. The Morgan fingerprint density at radius 2 is 2.43 bits per heavy atom. The van der Waals surface area contributed by atoms with E-state index in [0.717, 1.165) is 24.7 Å². The van der Waals surface area contributed by atoms with Gasteiger partial charge in [0.15, 0.2) is 0 Å². The second-order valence-corrected chi connectivity index (χ2v) is 3.85. The summed E-state index contributed by atoms with van der Waals surface area (Å²) in [6, 6.07) is 0.707. The molecule has 4 heteroatoms. The topological polar surface area (TPSA) is 55.9 Å². The van der Waals surface area contributed by atoms with Gasteiger partial charge in [0.25, 0.3) is 0 Å². The Kier molecular flexibility index (Phi) is 2.72. The van der Waals surface area contributed by atoms with E-state index in [4.69, 9.17) is 5.73 Å². The number of rotatable bonds is 4. The van der Waals surface area contributed by atoms with Gasteiger partial charge in [0.05, 0.1) is 12.7 Å². The number of nitrogen functional groups attached to an aromatic ring is 1. The number of nitrogens with zero attached hydrogens (tertiary/aromatic N) is 2. The average molecular weight is 194 g/mol. The Balaban J connectivity index is 1.93. The predicted octanol–water partition coefficient (Wildman–Crippen LogP) is 1.13. The second-order valence-electron chi connectivity index (χ2n) is 3.85. The van der Waals surface area contributed by atoms with Crippen molar-refractivity contribution in [1.29, 1.82) is 0 Å². The van der Waals surface area contributed by atoms with E-state index in [1.54, 1.807) is 6.20 Å². The highest BCUT2D eigenvalue weighted by Gasteiger charge is 2.17. The van der Waals surface area contributed by atoms with Crippen LogP contribution in [0.15, 0.2) is 6.20 Å². The van der Waals surface area contributed by atoms with Gasteiger partial charge in [-0.1, -0.05) is 6.42 Å².